The van der Waals surface area contributed by atoms with Gasteiger partial charge in [0.15, 0.2) is 5.82 Å². The Morgan fingerprint density at radius 3 is 2.70 bits per heavy atom. The molecule has 2 aromatic rings. The maximum atomic E-state index is 11.9. The van der Waals surface area contributed by atoms with Crippen LogP contribution in [0.4, 0.5) is 4.79 Å². The van der Waals surface area contributed by atoms with Crippen LogP contribution in [-0.4, -0.2) is 40.7 Å². The highest BCUT2D eigenvalue weighted by Crippen LogP contribution is 2.54. The normalized spacial score (nSPS) is 19.1. The summed E-state index contributed by atoms with van der Waals surface area (Å²) in [5.41, 5.74) is 0.748. The number of rotatable bonds is 4. The molecule has 0 spiro atoms. The summed E-state index contributed by atoms with van der Waals surface area (Å²) in [5, 5.41) is 8.38. The Labute approximate surface area is 168 Å². The molecule has 2 aliphatic rings. The summed E-state index contributed by atoms with van der Waals surface area (Å²) in [6.45, 7) is 3.96. The first-order valence-corrected chi connectivity index (χ1v) is 10.1. The largest absolute Gasteiger partial charge is 0.339 e. The lowest BCUT2D eigenvalue weighted by atomic mass is 9.94. The Kier molecular flexibility index (Phi) is 5.03. The zero-order valence-corrected chi connectivity index (χ0v) is 16.7. The Bertz CT molecular complexity index is 842. The smallest absolute Gasteiger partial charge is 0.317 e. The molecule has 1 aliphatic heterocycles. The molecule has 8 heteroatoms. The van der Waals surface area contributed by atoms with E-state index in [1.54, 1.807) is 6.07 Å². The van der Waals surface area contributed by atoms with Crippen LogP contribution >= 0.6 is 23.2 Å². The van der Waals surface area contributed by atoms with Gasteiger partial charge in [0.05, 0.1) is 5.41 Å². The van der Waals surface area contributed by atoms with Crippen LogP contribution < -0.4 is 5.32 Å². The van der Waals surface area contributed by atoms with Gasteiger partial charge in [-0.3, -0.25) is 0 Å². The van der Waals surface area contributed by atoms with E-state index in [1.165, 1.54) is 0 Å². The fourth-order valence-corrected chi connectivity index (χ4v) is 4.39. The average Bonchev–Trinajstić information content (AvgIpc) is 3.30. The van der Waals surface area contributed by atoms with E-state index in [2.05, 4.69) is 10.5 Å². The summed E-state index contributed by atoms with van der Waals surface area (Å²) < 4.78 is 5.61. The minimum absolute atomic E-state index is 0.00326. The van der Waals surface area contributed by atoms with Crippen molar-refractivity contribution < 1.29 is 9.32 Å². The van der Waals surface area contributed by atoms with Crippen LogP contribution in [0.2, 0.25) is 10.0 Å². The molecule has 1 aromatic heterocycles. The monoisotopic (exact) mass is 408 g/mol. The van der Waals surface area contributed by atoms with Crippen LogP contribution in [0.15, 0.2) is 22.7 Å². The van der Waals surface area contributed by atoms with Crippen molar-refractivity contribution in [2.45, 2.75) is 43.9 Å². The van der Waals surface area contributed by atoms with Crippen molar-refractivity contribution in [3.63, 3.8) is 0 Å². The molecule has 0 bridgehead atoms. The SMILES string of the molecule is CCNC(=O)N1CCC(c2nc(C3(c4ccc(Cl)cc4Cl)CC3)no2)CC1. The summed E-state index contributed by atoms with van der Waals surface area (Å²) in [4.78, 5) is 18.5. The van der Waals surface area contributed by atoms with Crippen molar-refractivity contribution in [2.75, 3.05) is 19.6 Å². The Morgan fingerprint density at radius 2 is 2.07 bits per heavy atom. The third-order valence-electron chi connectivity index (χ3n) is 5.53. The highest BCUT2D eigenvalue weighted by molar-refractivity contribution is 6.35. The number of carbonyl (C=O) groups is 1. The molecule has 0 unspecified atom stereocenters. The van der Waals surface area contributed by atoms with Gasteiger partial charge >= 0.3 is 6.03 Å². The first-order valence-electron chi connectivity index (χ1n) is 9.36. The molecule has 1 saturated heterocycles. The lowest BCUT2D eigenvalue weighted by Gasteiger charge is -2.30. The van der Waals surface area contributed by atoms with Crippen LogP contribution in [0.1, 0.15) is 55.8 Å². The molecule has 2 heterocycles. The van der Waals surface area contributed by atoms with Crippen LogP contribution in [0.5, 0.6) is 0 Å². The molecule has 1 aromatic carbocycles. The highest BCUT2D eigenvalue weighted by atomic mass is 35.5. The summed E-state index contributed by atoms with van der Waals surface area (Å²) in [6, 6.07) is 5.56. The molecule has 144 valence electrons. The Morgan fingerprint density at radius 1 is 1.33 bits per heavy atom. The van der Waals surface area contributed by atoms with Crippen molar-refractivity contribution in [3.8, 4) is 0 Å². The lowest BCUT2D eigenvalue weighted by Crippen LogP contribution is -2.44. The average molecular weight is 409 g/mol. The van der Waals surface area contributed by atoms with Crippen molar-refractivity contribution in [3.05, 3.63) is 45.5 Å². The van der Waals surface area contributed by atoms with E-state index < -0.39 is 0 Å². The van der Waals surface area contributed by atoms with Crippen molar-refractivity contribution in [2.24, 2.45) is 0 Å². The molecule has 2 fully saturated rings. The maximum Gasteiger partial charge on any atom is 0.317 e. The van der Waals surface area contributed by atoms with E-state index >= 15 is 0 Å². The number of likely N-dealkylation sites (tertiary alicyclic amines) is 1. The third-order valence-corrected chi connectivity index (χ3v) is 6.07. The summed E-state index contributed by atoms with van der Waals surface area (Å²) in [7, 11) is 0. The molecule has 27 heavy (non-hydrogen) atoms. The molecule has 0 atom stereocenters. The standard InChI is InChI=1S/C19H22Cl2N4O2/c1-2-22-18(26)25-9-5-12(6-10-25)16-23-17(24-27-16)19(7-8-19)14-4-3-13(20)11-15(14)21/h3-4,11-12H,2,5-10H2,1H3,(H,22,26). The van der Waals surface area contributed by atoms with Gasteiger partial charge in [0, 0.05) is 35.6 Å². The second kappa shape index (κ2) is 7.32. The number of carbonyl (C=O) groups excluding carboxylic acids is 1. The van der Waals surface area contributed by atoms with Crippen LogP contribution in [0.3, 0.4) is 0 Å². The molecule has 1 saturated carbocycles. The number of hydrogen-bond acceptors (Lipinski definition) is 4. The summed E-state index contributed by atoms with van der Waals surface area (Å²) in [5.74, 6) is 1.55. The van der Waals surface area contributed by atoms with Gasteiger partial charge in [0.25, 0.3) is 0 Å². The topological polar surface area (TPSA) is 71.3 Å². The van der Waals surface area contributed by atoms with Gasteiger partial charge < -0.3 is 14.7 Å². The molecule has 6 nitrogen and oxygen atoms in total. The fourth-order valence-electron chi connectivity index (χ4n) is 3.80. The van der Waals surface area contributed by atoms with E-state index in [4.69, 9.17) is 32.7 Å². The summed E-state index contributed by atoms with van der Waals surface area (Å²) >= 11 is 12.4. The first-order chi connectivity index (χ1) is 13.0. The van der Waals surface area contributed by atoms with Crippen LogP contribution in [0, 0.1) is 0 Å². The molecule has 1 aliphatic carbocycles. The number of urea groups is 1. The second-order valence-corrected chi connectivity index (χ2v) is 8.10. The highest BCUT2D eigenvalue weighted by Gasteiger charge is 2.51. The van der Waals surface area contributed by atoms with E-state index in [9.17, 15) is 4.79 Å². The van der Waals surface area contributed by atoms with Gasteiger partial charge in [0.1, 0.15) is 0 Å². The van der Waals surface area contributed by atoms with E-state index in [0.717, 1.165) is 31.2 Å². The molecular formula is C19H22Cl2N4O2. The first kappa shape index (κ1) is 18.6. The predicted molar refractivity (Wildman–Crippen MR) is 103 cm³/mol. The third kappa shape index (κ3) is 3.52. The summed E-state index contributed by atoms with van der Waals surface area (Å²) in [6.07, 6.45) is 3.55. The zero-order valence-electron chi connectivity index (χ0n) is 15.2. The number of hydrogen-bond donors (Lipinski definition) is 1. The minimum Gasteiger partial charge on any atom is -0.339 e. The Hall–Kier alpha value is -1.79. The molecule has 4 rings (SSSR count). The Balaban J connectivity index is 1.47. The van der Waals surface area contributed by atoms with Gasteiger partial charge in [-0.15, -0.1) is 0 Å². The van der Waals surface area contributed by atoms with Crippen molar-refractivity contribution in [1.82, 2.24) is 20.4 Å². The second-order valence-electron chi connectivity index (χ2n) is 7.26. The van der Waals surface area contributed by atoms with Gasteiger partial charge in [-0.05, 0) is 50.3 Å². The fraction of sp³-hybridized carbons (Fsp3) is 0.526. The van der Waals surface area contributed by atoms with Crippen LogP contribution in [0.25, 0.3) is 0 Å². The molecular weight excluding hydrogens is 387 g/mol. The van der Waals surface area contributed by atoms with Gasteiger partial charge in [-0.25, -0.2) is 4.79 Å². The quantitative estimate of drug-likeness (QED) is 0.814. The van der Waals surface area contributed by atoms with E-state index in [-0.39, 0.29) is 17.4 Å². The number of nitrogens with one attached hydrogen (secondary N) is 1. The van der Waals surface area contributed by atoms with Crippen LogP contribution in [-0.2, 0) is 5.41 Å². The minimum atomic E-state index is -0.259. The molecule has 2 amide bonds. The number of benzene rings is 1. The molecule has 0 radical (unpaired) electrons. The number of piperidine rings is 1. The van der Waals surface area contributed by atoms with Gasteiger partial charge in [-0.1, -0.05) is 34.4 Å². The van der Waals surface area contributed by atoms with E-state index in [1.807, 2.05) is 24.0 Å². The number of nitrogens with zero attached hydrogens (tertiary/aromatic N) is 3. The predicted octanol–water partition coefficient (Wildman–Crippen LogP) is 4.37. The van der Waals surface area contributed by atoms with E-state index in [0.29, 0.717) is 41.4 Å². The number of halogens is 2. The van der Waals surface area contributed by atoms with Crippen molar-refractivity contribution >= 4 is 29.2 Å². The zero-order chi connectivity index (χ0) is 19.0. The lowest BCUT2D eigenvalue weighted by molar-refractivity contribution is 0.176. The van der Waals surface area contributed by atoms with Gasteiger partial charge in [-0.2, -0.15) is 4.98 Å². The van der Waals surface area contributed by atoms with Gasteiger partial charge in [0.2, 0.25) is 5.89 Å². The number of amides is 2. The number of aromatic nitrogens is 2. The van der Waals surface area contributed by atoms with Crippen molar-refractivity contribution in [1.29, 1.82) is 0 Å². The molecule has 1 N–H and O–H groups in total. The maximum absolute atomic E-state index is 11.9.